The fraction of sp³-hybridized carbons (Fsp3) is 0.421. The van der Waals surface area contributed by atoms with E-state index in [-0.39, 0.29) is 5.75 Å². The number of rotatable bonds is 5. The zero-order valence-electron chi connectivity index (χ0n) is 13.6. The van der Waals surface area contributed by atoms with Gasteiger partial charge in [0.05, 0.1) is 12.6 Å². The lowest BCUT2D eigenvalue weighted by molar-refractivity contribution is 0.143. The summed E-state index contributed by atoms with van der Waals surface area (Å²) in [7, 11) is 0. The summed E-state index contributed by atoms with van der Waals surface area (Å²) in [6.07, 6.45) is 4.33. The molecule has 0 unspecified atom stereocenters. The molecule has 0 bridgehead atoms. The van der Waals surface area contributed by atoms with Crippen molar-refractivity contribution in [3.8, 4) is 5.75 Å². The van der Waals surface area contributed by atoms with E-state index in [4.69, 9.17) is 0 Å². The Morgan fingerprint density at radius 1 is 1.26 bits per heavy atom. The number of phenols is 1. The summed E-state index contributed by atoms with van der Waals surface area (Å²) in [6.45, 7) is 5.38. The highest BCUT2D eigenvalue weighted by Crippen LogP contribution is 2.29. The Morgan fingerprint density at radius 3 is 2.74 bits per heavy atom. The lowest BCUT2D eigenvalue weighted by Crippen LogP contribution is -2.37. The van der Waals surface area contributed by atoms with Crippen LogP contribution in [-0.4, -0.2) is 35.9 Å². The molecule has 0 spiro atoms. The SMILES string of the molecule is CC1CCN([C@@H](CN=Cc2ccccc2O)c2cccs2)CC1. The Labute approximate surface area is 142 Å². The molecule has 0 saturated carbocycles. The molecule has 1 N–H and O–H groups in total. The van der Waals surface area contributed by atoms with Crippen LogP contribution >= 0.6 is 11.3 Å². The summed E-state index contributed by atoms with van der Waals surface area (Å²) in [5, 5.41) is 12.0. The normalized spacial score (nSPS) is 18.5. The fourth-order valence-electron chi connectivity index (χ4n) is 3.05. The van der Waals surface area contributed by atoms with Crippen LogP contribution < -0.4 is 0 Å². The number of para-hydroxylation sites is 1. The first kappa shape index (κ1) is 16.2. The van der Waals surface area contributed by atoms with E-state index in [1.54, 1.807) is 12.3 Å². The van der Waals surface area contributed by atoms with Gasteiger partial charge in [0, 0.05) is 16.7 Å². The minimum atomic E-state index is 0.288. The molecule has 2 aromatic rings. The van der Waals surface area contributed by atoms with Gasteiger partial charge >= 0.3 is 0 Å². The van der Waals surface area contributed by atoms with E-state index in [2.05, 4.69) is 34.3 Å². The average molecular weight is 328 g/mol. The molecule has 3 nitrogen and oxygen atoms in total. The zero-order valence-corrected chi connectivity index (χ0v) is 14.4. The number of piperidine rings is 1. The molecule has 1 saturated heterocycles. The monoisotopic (exact) mass is 328 g/mol. The van der Waals surface area contributed by atoms with Crippen molar-refractivity contribution >= 4 is 17.6 Å². The quantitative estimate of drug-likeness (QED) is 0.829. The number of nitrogens with zero attached hydrogens (tertiary/aromatic N) is 2. The van der Waals surface area contributed by atoms with E-state index in [1.165, 1.54) is 17.7 Å². The summed E-state index contributed by atoms with van der Waals surface area (Å²) < 4.78 is 0. The van der Waals surface area contributed by atoms with Gasteiger partial charge in [-0.1, -0.05) is 25.1 Å². The van der Waals surface area contributed by atoms with Gasteiger partial charge in [0.1, 0.15) is 5.75 Å². The van der Waals surface area contributed by atoms with Gasteiger partial charge in [0.25, 0.3) is 0 Å². The van der Waals surface area contributed by atoms with Crippen LogP contribution in [0.5, 0.6) is 5.75 Å². The maximum absolute atomic E-state index is 9.84. The third-order valence-corrected chi connectivity index (χ3v) is 5.55. The first-order valence-corrected chi connectivity index (χ1v) is 9.17. The second-order valence-corrected chi connectivity index (χ2v) is 7.28. The van der Waals surface area contributed by atoms with Gasteiger partial charge < -0.3 is 5.11 Å². The maximum atomic E-state index is 9.84. The van der Waals surface area contributed by atoms with Crippen LogP contribution in [0.25, 0.3) is 0 Å². The maximum Gasteiger partial charge on any atom is 0.124 e. The van der Waals surface area contributed by atoms with Gasteiger partial charge in [0.15, 0.2) is 0 Å². The van der Waals surface area contributed by atoms with Crippen LogP contribution in [-0.2, 0) is 0 Å². The van der Waals surface area contributed by atoms with E-state index < -0.39 is 0 Å². The van der Waals surface area contributed by atoms with E-state index in [0.717, 1.165) is 31.1 Å². The lowest BCUT2D eigenvalue weighted by Gasteiger charge is -2.35. The molecule has 1 aliphatic heterocycles. The van der Waals surface area contributed by atoms with Gasteiger partial charge in [-0.05, 0) is 55.4 Å². The predicted octanol–water partition coefficient (Wildman–Crippen LogP) is 4.35. The number of aromatic hydroxyl groups is 1. The van der Waals surface area contributed by atoms with Crippen LogP contribution in [0.15, 0.2) is 46.8 Å². The van der Waals surface area contributed by atoms with Crippen molar-refractivity contribution in [3.63, 3.8) is 0 Å². The Morgan fingerprint density at radius 2 is 2.04 bits per heavy atom. The van der Waals surface area contributed by atoms with Crippen molar-refractivity contribution in [3.05, 3.63) is 52.2 Å². The number of phenolic OH excluding ortho intramolecular Hbond substituents is 1. The van der Waals surface area contributed by atoms with Crippen molar-refractivity contribution in [2.24, 2.45) is 10.9 Å². The molecule has 3 rings (SSSR count). The molecule has 4 heteroatoms. The summed E-state index contributed by atoms with van der Waals surface area (Å²) in [4.78, 5) is 8.58. The molecule has 0 amide bonds. The second-order valence-electron chi connectivity index (χ2n) is 6.30. The second kappa shape index (κ2) is 7.75. The van der Waals surface area contributed by atoms with Crippen molar-refractivity contribution in [2.75, 3.05) is 19.6 Å². The van der Waals surface area contributed by atoms with Crippen molar-refractivity contribution in [2.45, 2.75) is 25.8 Å². The number of likely N-dealkylation sites (tertiary alicyclic amines) is 1. The minimum absolute atomic E-state index is 0.288. The summed E-state index contributed by atoms with van der Waals surface area (Å²) in [5.41, 5.74) is 0.782. The highest BCUT2D eigenvalue weighted by Gasteiger charge is 2.24. The van der Waals surface area contributed by atoms with Gasteiger partial charge in [-0.15, -0.1) is 11.3 Å². The molecule has 1 aliphatic rings. The van der Waals surface area contributed by atoms with Gasteiger partial charge in [0.2, 0.25) is 0 Å². The number of hydrogen-bond donors (Lipinski definition) is 1. The Hall–Kier alpha value is -1.65. The summed E-state index contributed by atoms with van der Waals surface area (Å²) in [6, 6.07) is 12.0. The van der Waals surface area contributed by atoms with Crippen molar-refractivity contribution in [1.29, 1.82) is 0 Å². The third kappa shape index (κ3) is 4.21. The molecule has 1 atom stereocenters. The number of benzene rings is 1. The zero-order chi connectivity index (χ0) is 16.1. The Bertz CT molecular complexity index is 631. The lowest BCUT2D eigenvalue weighted by atomic mass is 9.97. The molecule has 1 fully saturated rings. The van der Waals surface area contributed by atoms with Crippen molar-refractivity contribution < 1.29 is 5.11 Å². The molecule has 0 radical (unpaired) electrons. The van der Waals surface area contributed by atoms with E-state index in [0.29, 0.717) is 6.04 Å². The van der Waals surface area contributed by atoms with Crippen LogP contribution in [0.3, 0.4) is 0 Å². The van der Waals surface area contributed by atoms with E-state index in [9.17, 15) is 5.11 Å². The van der Waals surface area contributed by atoms with Crippen LogP contribution in [0.1, 0.15) is 36.2 Å². The van der Waals surface area contributed by atoms with Crippen LogP contribution in [0, 0.1) is 5.92 Å². The standard InChI is InChI=1S/C19H24N2OS/c1-15-8-10-21(11-9-15)17(19-7-4-12-23-19)14-20-13-16-5-2-3-6-18(16)22/h2-7,12-13,15,17,22H,8-11,14H2,1H3/t17-/m0/s1. The first-order valence-electron chi connectivity index (χ1n) is 8.29. The smallest absolute Gasteiger partial charge is 0.124 e. The van der Waals surface area contributed by atoms with Gasteiger partial charge in [-0.25, -0.2) is 0 Å². The Kier molecular flexibility index (Phi) is 5.47. The largest absolute Gasteiger partial charge is 0.507 e. The molecule has 23 heavy (non-hydrogen) atoms. The predicted molar refractivity (Wildman–Crippen MR) is 97.6 cm³/mol. The van der Waals surface area contributed by atoms with E-state index >= 15 is 0 Å². The minimum Gasteiger partial charge on any atom is -0.507 e. The fourth-order valence-corrected chi connectivity index (χ4v) is 3.91. The molecular weight excluding hydrogens is 304 g/mol. The molecular formula is C19H24N2OS. The van der Waals surface area contributed by atoms with E-state index in [1.807, 2.05) is 29.5 Å². The number of aliphatic imine (C=N–C) groups is 1. The summed E-state index contributed by atoms with van der Waals surface area (Å²) >= 11 is 1.81. The van der Waals surface area contributed by atoms with Crippen LogP contribution in [0.4, 0.5) is 0 Å². The van der Waals surface area contributed by atoms with Crippen LogP contribution in [0.2, 0.25) is 0 Å². The highest BCUT2D eigenvalue weighted by atomic mass is 32.1. The number of hydrogen-bond acceptors (Lipinski definition) is 4. The molecule has 1 aromatic heterocycles. The molecule has 2 heterocycles. The van der Waals surface area contributed by atoms with Gasteiger partial charge in [-0.2, -0.15) is 0 Å². The summed E-state index contributed by atoms with van der Waals surface area (Å²) in [5.74, 6) is 1.12. The Balaban J connectivity index is 1.71. The highest BCUT2D eigenvalue weighted by molar-refractivity contribution is 7.10. The molecule has 1 aromatic carbocycles. The topological polar surface area (TPSA) is 35.8 Å². The first-order chi connectivity index (χ1) is 11.2. The van der Waals surface area contributed by atoms with Crippen molar-refractivity contribution in [1.82, 2.24) is 4.90 Å². The third-order valence-electron chi connectivity index (χ3n) is 4.58. The molecule has 0 aliphatic carbocycles. The number of thiophene rings is 1. The molecule has 122 valence electrons. The average Bonchev–Trinajstić information content (AvgIpc) is 3.08. The van der Waals surface area contributed by atoms with Gasteiger partial charge in [-0.3, -0.25) is 9.89 Å².